The van der Waals surface area contributed by atoms with Crippen LogP contribution in [0.1, 0.15) is 16.8 Å². The molecular weight excluding hydrogens is 238 g/mol. The first-order valence-corrected chi connectivity index (χ1v) is 6.47. The van der Waals surface area contributed by atoms with Gasteiger partial charge in [-0.2, -0.15) is 0 Å². The van der Waals surface area contributed by atoms with Gasteiger partial charge in [0.25, 0.3) is 0 Å². The fraction of sp³-hybridized carbons (Fsp3) is 0.333. The standard InChI is InChI=1S/C15H17N3O/c1-11-8-16-9-15(17-11)18(2)10-12-3-4-14-13(7-12)5-6-19-14/h3-4,7-9H,5-6,10H2,1-2H3. The van der Waals surface area contributed by atoms with Crippen LogP contribution in [0.15, 0.2) is 30.6 Å². The molecule has 0 radical (unpaired) electrons. The molecule has 19 heavy (non-hydrogen) atoms. The topological polar surface area (TPSA) is 38.2 Å². The highest BCUT2D eigenvalue weighted by molar-refractivity contribution is 5.42. The summed E-state index contributed by atoms with van der Waals surface area (Å²) in [4.78, 5) is 10.8. The predicted octanol–water partition coefficient (Wildman–Crippen LogP) is 2.36. The van der Waals surface area contributed by atoms with Crippen LogP contribution < -0.4 is 9.64 Å². The fourth-order valence-electron chi connectivity index (χ4n) is 2.33. The van der Waals surface area contributed by atoms with E-state index in [-0.39, 0.29) is 0 Å². The number of hydrogen-bond donors (Lipinski definition) is 0. The van der Waals surface area contributed by atoms with Crippen LogP contribution in [0.3, 0.4) is 0 Å². The Balaban J connectivity index is 1.77. The maximum absolute atomic E-state index is 5.52. The molecule has 1 aliphatic heterocycles. The van der Waals surface area contributed by atoms with Gasteiger partial charge in [0.15, 0.2) is 0 Å². The second-order valence-corrected chi connectivity index (χ2v) is 4.92. The Labute approximate surface area is 113 Å². The summed E-state index contributed by atoms with van der Waals surface area (Å²) < 4.78 is 5.52. The van der Waals surface area contributed by atoms with Crippen molar-refractivity contribution < 1.29 is 4.74 Å². The second kappa shape index (κ2) is 4.88. The van der Waals surface area contributed by atoms with Gasteiger partial charge in [0.2, 0.25) is 0 Å². The highest BCUT2D eigenvalue weighted by Gasteiger charge is 2.13. The van der Waals surface area contributed by atoms with Gasteiger partial charge in [0, 0.05) is 26.2 Å². The van der Waals surface area contributed by atoms with E-state index in [2.05, 4.69) is 33.1 Å². The van der Waals surface area contributed by atoms with Crippen LogP contribution in [0.25, 0.3) is 0 Å². The van der Waals surface area contributed by atoms with E-state index in [0.29, 0.717) is 0 Å². The molecule has 1 aliphatic rings. The Morgan fingerprint density at radius 3 is 3.05 bits per heavy atom. The average Bonchev–Trinajstić information content (AvgIpc) is 2.86. The van der Waals surface area contributed by atoms with Gasteiger partial charge >= 0.3 is 0 Å². The highest BCUT2D eigenvalue weighted by Crippen LogP contribution is 2.26. The number of fused-ring (bicyclic) bond motifs is 1. The van der Waals surface area contributed by atoms with Crippen LogP contribution in [0.2, 0.25) is 0 Å². The Morgan fingerprint density at radius 1 is 1.32 bits per heavy atom. The van der Waals surface area contributed by atoms with Crippen molar-refractivity contribution in [1.82, 2.24) is 9.97 Å². The Hall–Kier alpha value is -2.10. The second-order valence-electron chi connectivity index (χ2n) is 4.92. The third-order valence-electron chi connectivity index (χ3n) is 3.31. The zero-order valence-electron chi connectivity index (χ0n) is 11.3. The van der Waals surface area contributed by atoms with Crippen molar-refractivity contribution in [2.45, 2.75) is 19.9 Å². The quantitative estimate of drug-likeness (QED) is 0.844. The zero-order valence-corrected chi connectivity index (χ0v) is 11.3. The van der Waals surface area contributed by atoms with E-state index in [9.17, 15) is 0 Å². The number of hydrogen-bond acceptors (Lipinski definition) is 4. The summed E-state index contributed by atoms with van der Waals surface area (Å²) in [6.45, 7) is 3.58. The normalized spacial score (nSPS) is 12.9. The van der Waals surface area contributed by atoms with Crippen molar-refractivity contribution in [3.8, 4) is 5.75 Å². The van der Waals surface area contributed by atoms with Crippen LogP contribution in [-0.4, -0.2) is 23.6 Å². The molecule has 0 N–H and O–H groups in total. The molecule has 2 aromatic rings. The molecule has 2 heterocycles. The van der Waals surface area contributed by atoms with E-state index in [1.165, 1.54) is 11.1 Å². The SMILES string of the molecule is Cc1cncc(N(C)Cc2ccc3c(c2)CCO3)n1. The van der Waals surface area contributed by atoms with Crippen molar-refractivity contribution in [3.63, 3.8) is 0 Å². The molecule has 0 bridgehead atoms. The maximum atomic E-state index is 5.52. The largest absolute Gasteiger partial charge is 0.493 e. The third-order valence-corrected chi connectivity index (χ3v) is 3.31. The molecule has 0 saturated carbocycles. The van der Waals surface area contributed by atoms with Gasteiger partial charge in [0.05, 0.1) is 18.5 Å². The van der Waals surface area contributed by atoms with Crippen molar-refractivity contribution in [2.75, 3.05) is 18.6 Å². The Bertz CT molecular complexity index is 598. The molecule has 0 amide bonds. The van der Waals surface area contributed by atoms with Gasteiger partial charge in [-0.1, -0.05) is 12.1 Å². The average molecular weight is 255 g/mol. The lowest BCUT2D eigenvalue weighted by molar-refractivity contribution is 0.357. The molecule has 1 aromatic heterocycles. The summed E-state index contributed by atoms with van der Waals surface area (Å²) in [6.07, 6.45) is 4.57. The predicted molar refractivity (Wildman–Crippen MR) is 74.5 cm³/mol. The van der Waals surface area contributed by atoms with Crippen LogP contribution in [-0.2, 0) is 13.0 Å². The molecule has 0 aliphatic carbocycles. The smallest absolute Gasteiger partial charge is 0.147 e. The number of nitrogens with zero attached hydrogens (tertiary/aromatic N) is 3. The van der Waals surface area contributed by atoms with E-state index in [1.807, 2.05) is 14.0 Å². The number of benzene rings is 1. The number of ether oxygens (including phenoxy) is 1. The minimum Gasteiger partial charge on any atom is -0.493 e. The molecule has 0 unspecified atom stereocenters. The lowest BCUT2D eigenvalue weighted by Gasteiger charge is -2.18. The minimum absolute atomic E-state index is 0.804. The van der Waals surface area contributed by atoms with Crippen molar-refractivity contribution in [3.05, 3.63) is 47.4 Å². The molecule has 0 atom stereocenters. The van der Waals surface area contributed by atoms with Crippen molar-refractivity contribution in [2.24, 2.45) is 0 Å². The molecule has 0 fully saturated rings. The Kier molecular flexibility index (Phi) is 3.07. The first-order chi connectivity index (χ1) is 9.22. The van der Waals surface area contributed by atoms with Gasteiger partial charge in [-0.25, -0.2) is 4.98 Å². The monoisotopic (exact) mass is 255 g/mol. The molecule has 4 nitrogen and oxygen atoms in total. The summed E-state index contributed by atoms with van der Waals surface area (Å²) in [5, 5.41) is 0. The van der Waals surface area contributed by atoms with Crippen molar-refractivity contribution >= 4 is 5.82 Å². The first-order valence-electron chi connectivity index (χ1n) is 6.47. The third kappa shape index (κ3) is 2.52. The Morgan fingerprint density at radius 2 is 2.21 bits per heavy atom. The van der Waals surface area contributed by atoms with Crippen LogP contribution >= 0.6 is 0 Å². The van der Waals surface area contributed by atoms with E-state index in [1.54, 1.807) is 12.4 Å². The number of aromatic nitrogens is 2. The van der Waals surface area contributed by atoms with Gasteiger partial charge in [-0.3, -0.25) is 4.98 Å². The molecule has 3 rings (SSSR count). The van der Waals surface area contributed by atoms with E-state index in [4.69, 9.17) is 4.74 Å². The van der Waals surface area contributed by atoms with Crippen LogP contribution in [0, 0.1) is 6.92 Å². The number of anilines is 1. The molecule has 0 spiro atoms. The van der Waals surface area contributed by atoms with E-state index >= 15 is 0 Å². The maximum Gasteiger partial charge on any atom is 0.147 e. The summed E-state index contributed by atoms with van der Waals surface area (Å²) in [5.74, 6) is 1.93. The fourth-order valence-corrected chi connectivity index (χ4v) is 2.33. The summed E-state index contributed by atoms with van der Waals surface area (Å²) >= 11 is 0. The lowest BCUT2D eigenvalue weighted by Crippen LogP contribution is -2.18. The van der Waals surface area contributed by atoms with Gasteiger partial charge in [0.1, 0.15) is 11.6 Å². The van der Waals surface area contributed by atoms with Crippen molar-refractivity contribution in [1.29, 1.82) is 0 Å². The summed E-state index contributed by atoms with van der Waals surface area (Å²) in [6, 6.07) is 6.40. The van der Waals surface area contributed by atoms with Gasteiger partial charge < -0.3 is 9.64 Å². The highest BCUT2D eigenvalue weighted by atomic mass is 16.5. The van der Waals surface area contributed by atoms with E-state index < -0.39 is 0 Å². The number of rotatable bonds is 3. The molecular formula is C15H17N3O. The first kappa shape index (κ1) is 12.0. The van der Waals surface area contributed by atoms with Crippen LogP contribution in [0.5, 0.6) is 5.75 Å². The lowest BCUT2D eigenvalue weighted by atomic mass is 10.1. The van der Waals surface area contributed by atoms with Gasteiger partial charge in [-0.15, -0.1) is 0 Å². The molecule has 98 valence electrons. The summed E-state index contributed by atoms with van der Waals surface area (Å²) in [7, 11) is 2.03. The minimum atomic E-state index is 0.804. The van der Waals surface area contributed by atoms with Crippen LogP contribution in [0.4, 0.5) is 5.82 Å². The van der Waals surface area contributed by atoms with Gasteiger partial charge in [-0.05, 0) is 24.1 Å². The molecule has 0 saturated heterocycles. The summed E-state index contributed by atoms with van der Waals surface area (Å²) in [5.41, 5.74) is 3.52. The molecule has 1 aromatic carbocycles. The number of aryl methyl sites for hydroxylation is 1. The van der Waals surface area contributed by atoms with E-state index in [0.717, 1.165) is 36.8 Å². The zero-order chi connectivity index (χ0) is 13.2. The molecule has 4 heteroatoms.